The van der Waals surface area contributed by atoms with Gasteiger partial charge in [0.25, 0.3) is 0 Å². The number of nitrogens with one attached hydrogen (secondary N) is 1. The maximum Gasteiger partial charge on any atom is 0.306 e. The Morgan fingerprint density at radius 2 is 2.20 bits per heavy atom. The van der Waals surface area contributed by atoms with E-state index >= 15 is 0 Å². The van der Waals surface area contributed by atoms with Crippen molar-refractivity contribution in [3.8, 4) is 0 Å². The summed E-state index contributed by atoms with van der Waals surface area (Å²) < 4.78 is 31.9. The minimum absolute atomic E-state index is 0.0195. The monoisotopic (exact) mass is 283 g/mol. The van der Waals surface area contributed by atoms with Crippen LogP contribution in [0.1, 0.15) is 25.3 Å². The molecule has 0 spiro atoms. The molecule has 1 atom stereocenters. The fourth-order valence-corrected chi connectivity index (χ4v) is 2.52. The third kappa shape index (κ3) is 2.79. The molecule has 6 heteroatoms. The van der Waals surface area contributed by atoms with Crippen LogP contribution in [0.15, 0.2) is 18.2 Å². The Morgan fingerprint density at radius 3 is 2.75 bits per heavy atom. The van der Waals surface area contributed by atoms with Crippen molar-refractivity contribution in [1.29, 1.82) is 0 Å². The minimum atomic E-state index is -1.01. The highest BCUT2D eigenvalue weighted by Gasteiger charge is 2.44. The van der Waals surface area contributed by atoms with Crippen LogP contribution in [-0.2, 0) is 19.7 Å². The van der Waals surface area contributed by atoms with Gasteiger partial charge in [0, 0.05) is 24.4 Å². The molecule has 0 saturated carbocycles. The Bertz CT molecular complexity index is 547. The molecule has 1 heterocycles. The van der Waals surface area contributed by atoms with Gasteiger partial charge in [0.15, 0.2) is 0 Å². The van der Waals surface area contributed by atoms with Crippen LogP contribution in [0.25, 0.3) is 0 Å². The summed E-state index contributed by atoms with van der Waals surface area (Å²) in [5.74, 6) is -2.23. The molecule has 1 aliphatic rings. The predicted molar refractivity (Wildman–Crippen MR) is 66.9 cm³/mol. The lowest BCUT2D eigenvalue weighted by Gasteiger charge is -2.27. The van der Waals surface area contributed by atoms with Crippen molar-refractivity contribution < 1.29 is 23.1 Å². The number of hydrogen-bond acceptors (Lipinski definition) is 3. The van der Waals surface area contributed by atoms with E-state index in [1.54, 1.807) is 6.92 Å². The van der Waals surface area contributed by atoms with E-state index in [2.05, 4.69) is 5.32 Å². The van der Waals surface area contributed by atoms with Crippen LogP contribution in [0.4, 0.5) is 8.78 Å². The van der Waals surface area contributed by atoms with Gasteiger partial charge in [-0.3, -0.25) is 9.59 Å². The van der Waals surface area contributed by atoms with Gasteiger partial charge in [-0.1, -0.05) is 6.07 Å². The number of carbonyl (C=O) groups is 2. The second-order valence-electron chi connectivity index (χ2n) is 4.84. The van der Waals surface area contributed by atoms with Gasteiger partial charge in [-0.2, -0.15) is 0 Å². The molecule has 1 fully saturated rings. The zero-order valence-electron chi connectivity index (χ0n) is 11.0. The molecule has 0 radical (unpaired) electrons. The van der Waals surface area contributed by atoms with E-state index in [4.69, 9.17) is 4.74 Å². The molecule has 0 bridgehead atoms. The minimum Gasteiger partial charge on any atom is -0.466 e. The number of hydrogen-bond donors (Lipinski definition) is 1. The highest BCUT2D eigenvalue weighted by Crippen LogP contribution is 2.36. The van der Waals surface area contributed by atoms with Crippen LogP contribution in [0.5, 0.6) is 0 Å². The van der Waals surface area contributed by atoms with Crippen LogP contribution in [0.3, 0.4) is 0 Å². The summed E-state index contributed by atoms with van der Waals surface area (Å²) in [6.45, 7) is 2.01. The Kier molecular flexibility index (Phi) is 4.01. The van der Waals surface area contributed by atoms with E-state index in [1.807, 2.05) is 0 Å². The van der Waals surface area contributed by atoms with Gasteiger partial charge in [0.2, 0.25) is 5.91 Å². The largest absolute Gasteiger partial charge is 0.466 e. The molecule has 1 aliphatic heterocycles. The normalized spacial score (nSPS) is 21.6. The number of esters is 1. The van der Waals surface area contributed by atoms with Gasteiger partial charge in [0.05, 0.1) is 13.0 Å². The average molecular weight is 283 g/mol. The van der Waals surface area contributed by atoms with Gasteiger partial charge in [-0.15, -0.1) is 0 Å². The first kappa shape index (κ1) is 14.4. The summed E-state index contributed by atoms with van der Waals surface area (Å²) in [7, 11) is 0. The molecule has 20 heavy (non-hydrogen) atoms. The fourth-order valence-electron chi connectivity index (χ4n) is 2.52. The Morgan fingerprint density at radius 1 is 1.45 bits per heavy atom. The molecule has 1 N–H and O–H groups in total. The summed E-state index contributed by atoms with van der Waals surface area (Å²) >= 11 is 0. The first-order valence-corrected chi connectivity index (χ1v) is 6.35. The van der Waals surface area contributed by atoms with Gasteiger partial charge in [-0.05, 0) is 18.6 Å². The van der Waals surface area contributed by atoms with Gasteiger partial charge in [0.1, 0.15) is 11.6 Å². The Labute approximate surface area is 115 Å². The van der Waals surface area contributed by atoms with E-state index in [9.17, 15) is 18.4 Å². The van der Waals surface area contributed by atoms with Crippen molar-refractivity contribution in [2.24, 2.45) is 0 Å². The Hall–Kier alpha value is -1.98. The van der Waals surface area contributed by atoms with E-state index in [-0.39, 0.29) is 37.5 Å². The lowest BCUT2D eigenvalue weighted by atomic mass is 9.76. The van der Waals surface area contributed by atoms with Crippen molar-refractivity contribution in [2.45, 2.75) is 25.2 Å². The summed E-state index contributed by atoms with van der Waals surface area (Å²) in [5.41, 5.74) is -0.855. The molecule has 108 valence electrons. The predicted octanol–water partition coefficient (Wildman–Crippen LogP) is 1.68. The van der Waals surface area contributed by atoms with Crippen LogP contribution >= 0.6 is 0 Å². The molecule has 4 nitrogen and oxygen atoms in total. The zero-order valence-corrected chi connectivity index (χ0v) is 11.0. The summed E-state index contributed by atoms with van der Waals surface area (Å²) in [6, 6.07) is 3.16. The van der Waals surface area contributed by atoms with E-state index in [0.717, 1.165) is 12.1 Å². The van der Waals surface area contributed by atoms with E-state index in [1.165, 1.54) is 6.07 Å². The number of carbonyl (C=O) groups excluding carboxylic acids is 2. The lowest BCUT2D eigenvalue weighted by molar-refractivity contribution is -0.144. The molecule has 1 aromatic rings. The second kappa shape index (κ2) is 5.56. The zero-order chi connectivity index (χ0) is 14.8. The fraction of sp³-hybridized carbons (Fsp3) is 0.429. The number of amides is 1. The molecular formula is C14H15F2NO3. The van der Waals surface area contributed by atoms with Gasteiger partial charge < -0.3 is 10.1 Å². The molecular weight excluding hydrogens is 268 g/mol. The smallest absolute Gasteiger partial charge is 0.306 e. The second-order valence-corrected chi connectivity index (χ2v) is 4.84. The molecule has 1 amide bonds. The molecule has 0 aromatic heterocycles. The quantitative estimate of drug-likeness (QED) is 0.855. The first-order chi connectivity index (χ1) is 9.47. The van der Waals surface area contributed by atoms with Crippen molar-refractivity contribution in [1.82, 2.24) is 5.32 Å². The summed E-state index contributed by atoms with van der Waals surface area (Å²) in [4.78, 5) is 23.2. The van der Waals surface area contributed by atoms with E-state index in [0.29, 0.717) is 0 Å². The van der Waals surface area contributed by atoms with Crippen molar-refractivity contribution in [3.63, 3.8) is 0 Å². The number of rotatable bonds is 4. The van der Waals surface area contributed by atoms with Crippen molar-refractivity contribution >= 4 is 11.9 Å². The van der Waals surface area contributed by atoms with Crippen molar-refractivity contribution in [2.75, 3.05) is 13.2 Å². The molecule has 1 saturated heterocycles. The summed E-state index contributed by atoms with van der Waals surface area (Å²) in [6.07, 6.45) is -0.142. The van der Waals surface area contributed by atoms with Gasteiger partial charge in [-0.25, -0.2) is 8.78 Å². The standard InChI is InChI=1S/C14H15F2NO3/c1-2-20-13(19)7-14(6-12(18)17-8-14)10-4-3-9(15)5-11(10)16/h3-5H,2,6-8H2,1H3,(H,17,18). The SMILES string of the molecule is CCOC(=O)CC1(c2ccc(F)cc2F)CNC(=O)C1. The Balaban J connectivity index is 2.36. The summed E-state index contributed by atoms with van der Waals surface area (Å²) in [5, 5.41) is 2.59. The molecule has 0 aliphatic carbocycles. The highest BCUT2D eigenvalue weighted by atomic mass is 19.1. The number of halogens is 2. The van der Waals surface area contributed by atoms with Crippen LogP contribution < -0.4 is 5.32 Å². The number of ether oxygens (including phenoxy) is 1. The average Bonchev–Trinajstić information content (AvgIpc) is 2.71. The van der Waals surface area contributed by atoms with Gasteiger partial charge >= 0.3 is 5.97 Å². The third-order valence-corrected chi connectivity index (χ3v) is 3.41. The maximum absolute atomic E-state index is 14.0. The highest BCUT2D eigenvalue weighted by molar-refractivity contribution is 5.83. The first-order valence-electron chi connectivity index (χ1n) is 6.35. The van der Waals surface area contributed by atoms with Crippen LogP contribution in [0.2, 0.25) is 0 Å². The molecule has 1 aromatic carbocycles. The van der Waals surface area contributed by atoms with Crippen LogP contribution in [-0.4, -0.2) is 25.0 Å². The topological polar surface area (TPSA) is 55.4 Å². The van der Waals surface area contributed by atoms with Crippen molar-refractivity contribution in [3.05, 3.63) is 35.4 Å². The molecule has 2 rings (SSSR count). The van der Waals surface area contributed by atoms with E-state index < -0.39 is 23.0 Å². The number of benzene rings is 1. The lowest BCUT2D eigenvalue weighted by Crippen LogP contribution is -2.33. The third-order valence-electron chi connectivity index (χ3n) is 3.41. The molecule has 1 unspecified atom stereocenters. The van der Waals surface area contributed by atoms with Crippen LogP contribution in [0, 0.1) is 11.6 Å². The maximum atomic E-state index is 14.0.